The van der Waals surface area contributed by atoms with Crippen LogP contribution in [0.15, 0.2) is 24.5 Å². The summed E-state index contributed by atoms with van der Waals surface area (Å²) in [5.41, 5.74) is 1.38. The number of nitrogens with zero attached hydrogens (tertiary/aromatic N) is 2. The third kappa shape index (κ3) is 3.35. The first kappa shape index (κ1) is 14.3. The molecule has 112 valence electrons. The van der Waals surface area contributed by atoms with Gasteiger partial charge in [0.1, 0.15) is 0 Å². The monoisotopic (exact) mass is 303 g/mol. The van der Waals surface area contributed by atoms with Gasteiger partial charge >= 0.3 is 0 Å². The second kappa shape index (κ2) is 6.02. The molecule has 0 saturated carbocycles. The van der Waals surface area contributed by atoms with Gasteiger partial charge in [-0.15, -0.1) is 11.3 Å². The lowest BCUT2D eigenvalue weighted by Crippen LogP contribution is -2.35. The van der Waals surface area contributed by atoms with Crippen molar-refractivity contribution in [2.75, 3.05) is 0 Å². The summed E-state index contributed by atoms with van der Waals surface area (Å²) < 4.78 is 1.84. The number of carbonyl (C=O) groups is 1. The van der Waals surface area contributed by atoms with E-state index in [1.54, 1.807) is 17.5 Å². The van der Waals surface area contributed by atoms with Crippen LogP contribution in [0.1, 0.15) is 40.4 Å². The lowest BCUT2D eigenvalue weighted by molar-refractivity contribution is 0.0940. The summed E-state index contributed by atoms with van der Waals surface area (Å²) >= 11 is 1.66. The molecule has 0 aromatic carbocycles. The van der Waals surface area contributed by atoms with Crippen molar-refractivity contribution < 1.29 is 4.79 Å². The van der Waals surface area contributed by atoms with Crippen LogP contribution in [-0.4, -0.2) is 21.7 Å². The standard InChI is InChI=1S/C16H21N3OS/c1-11-4-5-14-13(8-11)9-15(21-14)16(20)18-12(2)10-19-7-3-6-17-19/h3,6-7,9,11-12H,4-5,8,10H2,1-2H3,(H,18,20)/t11-,12-/m0/s1. The quantitative estimate of drug-likeness (QED) is 0.944. The molecule has 2 heterocycles. The molecule has 0 radical (unpaired) electrons. The second-order valence-electron chi connectivity index (χ2n) is 6.01. The van der Waals surface area contributed by atoms with Crippen molar-refractivity contribution in [2.24, 2.45) is 5.92 Å². The van der Waals surface area contributed by atoms with Gasteiger partial charge in [-0.1, -0.05) is 6.92 Å². The van der Waals surface area contributed by atoms with Crippen LogP contribution in [0.3, 0.4) is 0 Å². The van der Waals surface area contributed by atoms with Gasteiger partial charge in [0.05, 0.1) is 11.4 Å². The van der Waals surface area contributed by atoms with Crippen LogP contribution in [0.4, 0.5) is 0 Å². The van der Waals surface area contributed by atoms with Crippen LogP contribution in [-0.2, 0) is 19.4 Å². The predicted octanol–water partition coefficient (Wildman–Crippen LogP) is 2.89. The van der Waals surface area contributed by atoms with E-state index in [9.17, 15) is 4.79 Å². The van der Waals surface area contributed by atoms with Crippen LogP contribution >= 0.6 is 11.3 Å². The number of hydrogen-bond donors (Lipinski definition) is 1. The highest BCUT2D eigenvalue weighted by Gasteiger charge is 2.21. The highest BCUT2D eigenvalue weighted by atomic mass is 32.1. The van der Waals surface area contributed by atoms with Crippen LogP contribution < -0.4 is 5.32 Å². The van der Waals surface area contributed by atoms with Crippen molar-refractivity contribution in [3.8, 4) is 0 Å². The van der Waals surface area contributed by atoms with Gasteiger partial charge in [-0.2, -0.15) is 5.10 Å². The first-order valence-corrected chi connectivity index (χ1v) is 8.33. The molecule has 1 amide bonds. The molecule has 0 bridgehead atoms. The average Bonchev–Trinajstić information content (AvgIpc) is 3.06. The Morgan fingerprint density at radius 2 is 2.48 bits per heavy atom. The fourth-order valence-electron chi connectivity index (χ4n) is 2.85. The van der Waals surface area contributed by atoms with Crippen molar-refractivity contribution in [3.05, 3.63) is 39.8 Å². The maximum Gasteiger partial charge on any atom is 0.261 e. The van der Waals surface area contributed by atoms with Crippen molar-refractivity contribution in [1.82, 2.24) is 15.1 Å². The third-order valence-electron chi connectivity index (χ3n) is 3.95. The molecule has 0 fully saturated rings. The second-order valence-corrected chi connectivity index (χ2v) is 7.15. The van der Waals surface area contributed by atoms with Gasteiger partial charge in [0.2, 0.25) is 0 Å². The highest BCUT2D eigenvalue weighted by molar-refractivity contribution is 7.14. The zero-order valence-corrected chi connectivity index (χ0v) is 13.3. The molecule has 0 unspecified atom stereocenters. The fourth-order valence-corrected chi connectivity index (χ4v) is 3.96. The molecule has 3 rings (SSSR count). The van der Waals surface area contributed by atoms with Crippen molar-refractivity contribution in [3.63, 3.8) is 0 Å². The Morgan fingerprint density at radius 1 is 1.62 bits per heavy atom. The first-order valence-electron chi connectivity index (χ1n) is 7.51. The number of fused-ring (bicyclic) bond motifs is 1. The zero-order chi connectivity index (χ0) is 14.8. The van der Waals surface area contributed by atoms with Crippen LogP contribution in [0.5, 0.6) is 0 Å². The Balaban J connectivity index is 1.63. The summed E-state index contributed by atoms with van der Waals surface area (Å²) in [6.45, 7) is 4.99. The minimum atomic E-state index is 0.0432. The molecule has 2 aromatic heterocycles. The van der Waals surface area contributed by atoms with Crippen LogP contribution in [0.25, 0.3) is 0 Å². The maximum atomic E-state index is 12.4. The highest BCUT2D eigenvalue weighted by Crippen LogP contribution is 2.32. The number of amides is 1. The van der Waals surface area contributed by atoms with Crippen molar-refractivity contribution >= 4 is 17.2 Å². The minimum absolute atomic E-state index is 0.0432. The lowest BCUT2D eigenvalue weighted by atomic mass is 9.90. The van der Waals surface area contributed by atoms with Gasteiger partial charge in [-0.3, -0.25) is 9.48 Å². The van der Waals surface area contributed by atoms with Crippen molar-refractivity contribution in [1.29, 1.82) is 0 Å². The Kier molecular flexibility index (Phi) is 4.10. The van der Waals surface area contributed by atoms with Gasteiger partial charge in [0.25, 0.3) is 5.91 Å². The van der Waals surface area contributed by atoms with E-state index in [4.69, 9.17) is 0 Å². The van der Waals surface area contributed by atoms with E-state index < -0.39 is 0 Å². The Hall–Kier alpha value is -1.62. The number of nitrogens with one attached hydrogen (secondary N) is 1. The molecule has 21 heavy (non-hydrogen) atoms. The summed E-state index contributed by atoms with van der Waals surface area (Å²) in [5, 5.41) is 7.23. The van der Waals surface area contributed by atoms with Gasteiger partial charge in [-0.25, -0.2) is 0 Å². The van der Waals surface area contributed by atoms with E-state index in [1.807, 2.05) is 23.9 Å². The van der Waals surface area contributed by atoms with Crippen LogP contribution in [0.2, 0.25) is 0 Å². The number of carbonyl (C=O) groups excluding carboxylic acids is 1. The first-order chi connectivity index (χ1) is 10.1. The van der Waals surface area contributed by atoms with Crippen LogP contribution in [0, 0.1) is 5.92 Å². The largest absolute Gasteiger partial charge is 0.347 e. The SMILES string of the molecule is C[C@H]1CCc2sc(C(=O)N[C@@H](C)Cn3cccn3)cc2C1. The molecule has 0 saturated heterocycles. The van der Waals surface area contributed by atoms with E-state index in [1.165, 1.54) is 16.9 Å². The van der Waals surface area contributed by atoms with E-state index in [2.05, 4.69) is 23.4 Å². The predicted molar refractivity (Wildman–Crippen MR) is 84.7 cm³/mol. The number of aryl methyl sites for hydroxylation is 1. The molecule has 2 atom stereocenters. The van der Waals surface area contributed by atoms with E-state index in [0.717, 1.165) is 23.6 Å². The molecule has 0 aliphatic heterocycles. The maximum absolute atomic E-state index is 12.4. The fraction of sp³-hybridized carbons (Fsp3) is 0.500. The normalized spacial score (nSPS) is 19.0. The molecule has 4 nitrogen and oxygen atoms in total. The molecule has 1 aliphatic rings. The van der Waals surface area contributed by atoms with Gasteiger partial charge in [0.15, 0.2) is 0 Å². The van der Waals surface area contributed by atoms with E-state index in [-0.39, 0.29) is 11.9 Å². The molecular formula is C16H21N3OS. The topological polar surface area (TPSA) is 46.9 Å². The average molecular weight is 303 g/mol. The summed E-state index contributed by atoms with van der Waals surface area (Å²) in [7, 11) is 0. The summed E-state index contributed by atoms with van der Waals surface area (Å²) in [5.74, 6) is 0.781. The molecule has 5 heteroatoms. The smallest absolute Gasteiger partial charge is 0.261 e. The Labute approximate surface area is 129 Å². The van der Waals surface area contributed by atoms with Crippen molar-refractivity contribution in [2.45, 2.75) is 45.7 Å². The molecular weight excluding hydrogens is 282 g/mol. The number of hydrogen-bond acceptors (Lipinski definition) is 3. The number of thiophene rings is 1. The van der Waals surface area contributed by atoms with Gasteiger partial charge in [0, 0.05) is 23.3 Å². The molecule has 0 spiro atoms. The molecule has 2 aromatic rings. The third-order valence-corrected chi connectivity index (χ3v) is 5.19. The molecule has 1 N–H and O–H groups in total. The Bertz CT molecular complexity index is 618. The van der Waals surface area contributed by atoms with Gasteiger partial charge in [-0.05, 0) is 49.8 Å². The van der Waals surface area contributed by atoms with E-state index in [0.29, 0.717) is 6.54 Å². The van der Waals surface area contributed by atoms with Gasteiger partial charge < -0.3 is 5.32 Å². The summed E-state index contributed by atoms with van der Waals surface area (Å²) in [6, 6.07) is 4.05. The Morgan fingerprint density at radius 3 is 3.24 bits per heavy atom. The summed E-state index contributed by atoms with van der Waals surface area (Å²) in [6.07, 6.45) is 7.14. The molecule has 1 aliphatic carbocycles. The summed E-state index contributed by atoms with van der Waals surface area (Å²) in [4.78, 5) is 14.6. The van der Waals surface area contributed by atoms with E-state index >= 15 is 0 Å². The minimum Gasteiger partial charge on any atom is -0.347 e. The lowest BCUT2D eigenvalue weighted by Gasteiger charge is -2.16. The number of rotatable bonds is 4. The number of aromatic nitrogens is 2. The zero-order valence-electron chi connectivity index (χ0n) is 12.5.